The summed E-state index contributed by atoms with van der Waals surface area (Å²) >= 11 is 0. The summed E-state index contributed by atoms with van der Waals surface area (Å²) in [5.74, 6) is 1.19. The molecule has 102 valence electrons. The summed E-state index contributed by atoms with van der Waals surface area (Å²) in [6.45, 7) is 2.28. The summed E-state index contributed by atoms with van der Waals surface area (Å²) < 4.78 is 0. The molecule has 0 spiro atoms. The Balaban J connectivity index is 2.22. The lowest BCUT2D eigenvalue weighted by molar-refractivity contribution is 0.155. The lowest BCUT2D eigenvalue weighted by Gasteiger charge is -2.39. The van der Waals surface area contributed by atoms with E-state index in [1.807, 2.05) is 6.07 Å². The van der Waals surface area contributed by atoms with E-state index in [2.05, 4.69) is 17.2 Å². The Morgan fingerprint density at radius 3 is 2.84 bits per heavy atom. The molecule has 1 aromatic rings. The van der Waals surface area contributed by atoms with Crippen molar-refractivity contribution in [2.45, 2.75) is 38.1 Å². The van der Waals surface area contributed by atoms with Gasteiger partial charge >= 0.3 is 0 Å². The van der Waals surface area contributed by atoms with E-state index in [-0.39, 0.29) is 12.1 Å². The second kappa shape index (κ2) is 5.45. The van der Waals surface area contributed by atoms with Gasteiger partial charge in [-0.05, 0) is 37.7 Å². The average Bonchev–Trinajstić information content (AvgIpc) is 2.44. The molecule has 0 unspecified atom stereocenters. The second-order valence-corrected chi connectivity index (χ2v) is 5.48. The van der Waals surface area contributed by atoms with Crippen LogP contribution in [0.2, 0.25) is 0 Å². The second-order valence-electron chi connectivity index (χ2n) is 5.48. The minimum Gasteiger partial charge on any atom is -0.395 e. The smallest absolute Gasteiger partial charge is 0.151 e. The van der Waals surface area contributed by atoms with Gasteiger partial charge in [-0.1, -0.05) is 6.92 Å². The standard InChI is InChI=1S/C14H20N4O/c1-10-2-5-14(9-19,6-3-10)18-13-12(16)11(8-15)4-7-17-13/h4,7,10,19H,2-3,5-6,9,16H2,1H3,(H,17,18). The van der Waals surface area contributed by atoms with Crippen LogP contribution in [-0.2, 0) is 0 Å². The molecule has 0 bridgehead atoms. The van der Waals surface area contributed by atoms with Gasteiger partial charge in [0.05, 0.1) is 23.4 Å². The van der Waals surface area contributed by atoms with Crippen LogP contribution in [0.15, 0.2) is 12.3 Å². The molecule has 4 N–H and O–H groups in total. The van der Waals surface area contributed by atoms with Crippen LogP contribution < -0.4 is 11.1 Å². The molecule has 0 amide bonds. The predicted octanol–water partition coefficient (Wildman–Crippen LogP) is 1.89. The molecule has 19 heavy (non-hydrogen) atoms. The van der Waals surface area contributed by atoms with Crippen LogP contribution in [0.4, 0.5) is 11.5 Å². The number of nitrogens with zero attached hydrogens (tertiary/aromatic N) is 2. The van der Waals surface area contributed by atoms with Crippen molar-refractivity contribution in [3.8, 4) is 6.07 Å². The Bertz CT molecular complexity index is 487. The molecule has 0 aromatic carbocycles. The average molecular weight is 260 g/mol. The van der Waals surface area contributed by atoms with Gasteiger partial charge in [0, 0.05) is 6.20 Å². The maximum Gasteiger partial charge on any atom is 0.151 e. The van der Waals surface area contributed by atoms with Crippen LogP contribution in [0.1, 0.15) is 38.2 Å². The third-order valence-electron chi connectivity index (χ3n) is 4.03. The van der Waals surface area contributed by atoms with Crippen molar-refractivity contribution >= 4 is 11.5 Å². The van der Waals surface area contributed by atoms with Gasteiger partial charge in [-0.2, -0.15) is 5.26 Å². The van der Waals surface area contributed by atoms with Crippen LogP contribution in [0, 0.1) is 17.2 Å². The number of pyridine rings is 1. The molecule has 0 saturated heterocycles. The first-order valence-electron chi connectivity index (χ1n) is 6.64. The van der Waals surface area contributed by atoms with Crippen LogP contribution in [-0.4, -0.2) is 22.2 Å². The monoisotopic (exact) mass is 260 g/mol. The summed E-state index contributed by atoms with van der Waals surface area (Å²) in [6.07, 6.45) is 5.50. The highest BCUT2D eigenvalue weighted by molar-refractivity contribution is 5.69. The molecule has 1 saturated carbocycles. The fraction of sp³-hybridized carbons (Fsp3) is 0.571. The molecule has 1 aliphatic carbocycles. The Labute approximate surface area is 113 Å². The van der Waals surface area contributed by atoms with Gasteiger partial charge in [-0.3, -0.25) is 0 Å². The number of aromatic nitrogens is 1. The highest BCUT2D eigenvalue weighted by Crippen LogP contribution is 2.35. The van der Waals surface area contributed by atoms with Gasteiger partial charge in [-0.25, -0.2) is 4.98 Å². The molecule has 0 atom stereocenters. The molecule has 2 rings (SSSR count). The number of hydrogen-bond donors (Lipinski definition) is 3. The Morgan fingerprint density at radius 2 is 2.26 bits per heavy atom. The molecule has 0 radical (unpaired) electrons. The van der Waals surface area contributed by atoms with E-state index in [1.54, 1.807) is 12.3 Å². The summed E-state index contributed by atoms with van der Waals surface area (Å²) in [5, 5.41) is 22.0. The lowest BCUT2D eigenvalue weighted by atomic mass is 9.77. The van der Waals surface area contributed by atoms with Crippen LogP contribution in [0.5, 0.6) is 0 Å². The molecule has 1 aromatic heterocycles. The highest BCUT2D eigenvalue weighted by Gasteiger charge is 2.34. The number of nitrogens with two attached hydrogens (primary N) is 1. The minimum atomic E-state index is -0.359. The maximum absolute atomic E-state index is 9.71. The SMILES string of the molecule is CC1CCC(CO)(Nc2nccc(C#N)c2N)CC1. The molecule has 1 heterocycles. The van der Waals surface area contributed by atoms with Crippen molar-refractivity contribution in [1.82, 2.24) is 4.98 Å². The van der Waals surface area contributed by atoms with E-state index in [9.17, 15) is 5.11 Å². The zero-order valence-corrected chi connectivity index (χ0v) is 11.2. The van der Waals surface area contributed by atoms with Crippen molar-refractivity contribution in [2.24, 2.45) is 5.92 Å². The van der Waals surface area contributed by atoms with Crippen LogP contribution in [0.25, 0.3) is 0 Å². The molecular formula is C14H20N4O. The summed E-state index contributed by atoms with van der Waals surface area (Å²) in [5.41, 5.74) is 6.33. The van der Waals surface area contributed by atoms with E-state index < -0.39 is 0 Å². The number of rotatable bonds is 3. The number of nitriles is 1. The van der Waals surface area contributed by atoms with Gasteiger partial charge in [-0.15, -0.1) is 0 Å². The fourth-order valence-corrected chi connectivity index (χ4v) is 2.56. The number of anilines is 2. The fourth-order valence-electron chi connectivity index (χ4n) is 2.56. The minimum absolute atomic E-state index is 0.0532. The molecule has 5 nitrogen and oxygen atoms in total. The van der Waals surface area contributed by atoms with Gasteiger partial charge in [0.15, 0.2) is 5.82 Å². The van der Waals surface area contributed by atoms with E-state index in [4.69, 9.17) is 11.0 Å². The van der Waals surface area contributed by atoms with Crippen molar-refractivity contribution in [2.75, 3.05) is 17.7 Å². The van der Waals surface area contributed by atoms with Gasteiger partial charge in [0.2, 0.25) is 0 Å². The number of aliphatic hydroxyl groups is 1. The summed E-state index contributed by atoms with van der Waals surface area (Å²) in [7, 11) is 0. The largest absolute Gasteiger partial charge is 0.395 e. The molecule has 5 heteroatoms. The number of hydrogen-bond acceptors (Lipinski definition) is 5. The predicted molar refractivity (Wildman–Crippen MR) is 74.4 cm³/mol. The first kappa shape index (κ1) is 13.6. The quantitative estimate of drug-likeness (QED) is 0.771. The Morgan fingerprint density at radius 1 is 1.58 bits per heavy atom. The highest BCUT2D eigenvalue weighted by atomic mass is 16.3. The Kier molecular flexibility index (Phi) is 3.91. The number of nitrogens with one attached hydrogen (secondary N) is 1. The summed E-state index contributed by atoms with van der Waals surface area (Å²) in [4.78, 5) is 4.19. The maximum atomic E-state index is 9.71. The van der Waals surface area contributed by atoms with Crippen LogP contribution >= 0.6 is 0 Å². The zero-order valence-electron chi connectivity index (χ0n) is 11.2. The van der Waals surface area contributed by atoms with E-state index in [0.29, 0.717) is 23.0 Å². The van der Waals surface area contributed by atoms with E-state index in [0.717, 1.165) is 25.7 Å². The third-order valence-corrected chi connectivity index (χ3v) is 4.03. The topological polar surface area (TPSA) is 95.0 Å². The first-order chi connectivity index (χ1) is 9.10. The van der Waals surface area contributed by atoms with Crippen molar-refractivity contribution in [3.63, 3.8) is 0 Å². The number of aliphatic hydroxyl groups excluding tert-OH is 1. The third kappa shape index (κ3) is 2.79. The van der Waals surface area contributed by atoms with Gasteiger partial charge in [0.1, 0.15) is 6.07 Å². The normalized spacial score (nSPS) is 26.7. The zero-order chi connectivity index (χ0) is 13.9. The first-order valence-corrected chi connectivity index (χ1v) is 6.64. The van der Waals surface area contributed by atoms with Crippen molar-refractivity contribution in [3.05, 3.63) is 17.8 Å². The van der Waals surface area contributed by atoms with E-state index in [1.165, 1.54) is 0 Å². The van der Waals surface area contributed by atoms with Crippen molar-refractivity contribution in [1.29, 1.82) is 5.26 Å². The van der Waals surface area contributed by atoms with E-state index >= 15 is 0 Å². The number of nitrogen functional groups attached to an aromatic ring is 1. The molecule has 1 aliphatic rings. The Hall–Kier alpha value is -1.80. The van der Waals surface area contributed by atoms with Crippen LogP contribution in [0.3, 0.4) is 0 Å². The summed E-state index contributed by atoms with van der Waals surface area (Å²) in [6, 6.07) is 3.64. The van der Waals surface area contributed by atoms with Gasteiger partial charge < -0.3 is 16.2 Å². The van der Waals surface area contributed by atoms with Gasteiger partial charge in [0.25, 0.3) is 0 Å². The lowest BCUT2D eigenvalue weighted by Crippen LogP contribution is -2.45. The van der Waals surface area contributed by atoms with Crippen molar-refractivity contribution < 1.29 is 5.11 Å². The molecule has 1 fully saturated rings. The molecule has 0 aliphatic heterocycles. The molecular weight excluding hydrogens is 240 g/mol.